The van der Waals surface area contributed by atoms with E-state index in [2.05, 4.69) is 50.5 Å². The van der Waals surface area contributed by atoms with Gasteiger partial charge < -0.3 is 5.32 Å². The summed E-state index contributed by atoms with van der Waals surface area (Å²) in [5, 5.41) is 3.57. The lowest BCUT2D eigenvalue weighted by Crippen LogP contribution is -2.20. The van der Waals surface area contributed by atoms with Crippen molar-refractivity contribution in [2.75, 3.05) is 18.6 Å². The zero-order chi connectivity index (χ0) is 12.0. The summed E-state index contributed by atoms with van der Waals surface area (Å²) >= 11 is 1.91. The van der Waals surface area contributed by atoms with E-state index in [1.54, 1.807) is 0 Å². The Balaban J connectivity index is 2.48. The largest absolute Gasteiger partial charge is 0.310 e. The van der Waals surface area contributed by atoms with Crippen LogP contribution in [0, 0.1) is 13.8 Å². The van der Waals surface area contributed by atoms with Crippen LogP contribution in [0.25, 0.3) is 0 Å². The van der Waals surface area contributed by atoms with E-state index in [4.69, 9.17) is 0 Å². The van der Waals surface area contributed by atoms with Crippen LogP contribution in [0.1, 0.15) is 36.1 Å². The van der Waals surface area contributed by atoms with Gasteiger partial charge in [-0.25, -0.2) is 0 Å². The molecule has 90 valence electrons. The predicted octanol–water partition coefficient (Wildman–Crippen LogP) is 3.71. The summed E-state index contributed by atoms with van der Waals surface area (Å²) in [5.74, 6) is 1.24. The molecule has 0 fully saturated rings. The minimum absolute atomic E-state index is 0.459. The maximum atomic E-state index is 3.57. The molecule has 0 heterocycles. The molecule has 1 aromatic rings. The van der Waals surface area contributed by atoms with Crippen LogP contribution in [0.4, 0.5) is 0 Å². The Hall–Kier alpha value is -0.470. The Morgan fingerprint density at radius 2 is 1.81 bits per heavy atom. The standard InChI is InChI=1S/C14H23NS/c1-11-8-12(2)10-14(9-11)13(3)15-6-5-7-16-4/h8-10,13,15H,5-7H2,1-4H3. The van der Waals surface area contributed by atoms with Gasteiger partial charge in [-0.1, -0.05) is 29.3 Å². The zero-order valence-electron chi connectivity index (χ0n) is 10.8. The van der Waals surface area contributed by atoms with E-state index in [0.717, 1.165) is 6.54 Å². The number of rotatable bonds is 6. The molecule has 1 rings (SSSR count). The molecule has 0 aliphatic rings. The number of benzene rings is 1. The first-order valence-electron chi connectivity index (χ1n) is 5.94. The van der Waals surface area contributed by atoms with Crippen molar-refractivity contribution >= 4 is 11.8 Å². The van der Waals surface area contributed by atoms with Gasteiger partial charge in [-0.2, -0.15) is 11.8 Å². The highest BCUT2D eigenvalue weighted by atomic mass is 32.2. The van der Waals surface area contributed by atoms with E-state index in [-0.39, 0.29) is 0 Å². The van der Waals surface area contributed by atoms with Crippen LogP contribution in [0.5, 0.6) is 0 Å². The summed E-state index contributed by atoms with van der Waals surface area (Å²) in [5.41, 5.74) is 4.11. The maximum Gasteiger partial charge on any atom is 0.0291 e. The van der Waals surface area contributed by atoms with E-state index >= 15 is 0 Å². The normalized spacial score (nSPS) is 12.8. The van der Waals surface area contributed by atoms with Crippen molar-refractivity contribution in [2.45, 2.75) is 33.2 Å². The maximum absolute atomic E-state index is 3.57. The Bertz CT molecular complexity index is 302. The van der Waals surface area contributed by atoms with E-state index in [1.165, 1.54) is 28.9 Å². The summed E-state index contributed by atoms with van der Waals surface area (Å²) in [6, 6.07) is 7.24. The molecule has 0 spiro atoms. The monoisotopic (exact) mass is 237 g/mol. The van der Waals surface area contributed by atoms with Crippen LogP contribution in [-0.2, 0) is 0 Å². The van der Waals surface area contributed by atoms with Gasteiger partial charge in [0.1, 0.15) is 0 Å². The second kappa shape index (κ2) is 6.97. The average molecular weight is 237 g/mol. The van der Waals surface area contributed by atoms with E-state index in [0.29, 0.717) is 6.04 Å². The van der Waals surface area contributed by atoms with Gasteiger partial charge in [-0.3, -0.25) is 0 Å². The molecule has 0 radical (unpaired) electrons. The summed E-state index contributed by atoms with van der Waals surface area (Å²) in [6.45, 7) is 7.68. The van der Waals surface area contributed by atoms with Crippen LogP contribution in [0.3, 0.4) is 0 Å². The number of thioether (sulfide) groups is 1. The summed E-state index contributed by atoms with van der Waals surface area (Å²) in [7, 11) is 0. The number of nitrogens with one attached hydrogen (secondary N) is 1. The SMILES string of the molecule is CSCCCNC(C)c1cc(C)cc(C)c1. The topological polar surface area (TPSA) is 12.0 Å². The second-order valence-corrected chi connectivity index (χ2v) is 5.43. The number of hydrogen-bond donors (Lipinski definition) is 1. The van der Waals surface area contributed by atoms with Crippen LogP contribution >= 0.6 is 11.8 Å². The molecule has 1 aromatic carbocycles. The molecule has 2 heteroatoms. The highest BCUT2D eigenvalue weighted by Gasteiger charge is 2.05. The van der Waals surface area contributed by atoms with Crippen LogP contribution in [-0.4, -0.2) is 18.6 Å². The third-order valence-corrected chi connectivity index (χ3v) is 3.42. The fraction of sp³-hybridized carbons (Fsp3) is 0.571. The highest BCUT2D eigenvalue weighted by molar-refractivity contribution is 7.98. The molecule has 1 N–H and O–H groups in total. The van der Waals surface area contributed by atoms with Crippen LogP contribution in [0.15, 0.2) is 18.2 Å². The van der Waals surface area contributed by atoms with Crippen molar-refractivity contribution in [3.8, 4) is 0 Å². The lowest BCUT2D eigenvalue weighted by molar-refractivity contribution is 0.572. The van der Waals surface area contributed by atoms with Gasteiger partial charge in [0.15, 0.2) is 0 Å². The highest BCUT2D eigenvalue weighted by Crippen LogP contribution is 2.16. The Labute approximate surface area is 104 Å². The lowest BCUT2D eigenvalue weighted by Gasteiger charge is -2.15. The molecule has 1 unspecified atom stereocenters. The van der Waals surface area contributed by atoms with Gasteiger partial charge in [-0.05, 0) is 51.3 Å². The van der Waals surface area contributed by atoms with Crippen LogP contribution < -0.4 is 5.32 Å². The van der Waals surface area contributed by atoms with Crippen LogP contribution in [0.2, 0.25) is 0 Å². The van der Waals surface area contributed by atoms with Gasteiger partial charge in [0, 0.05) is 6.04 Å². The smallest absolute Gasteiger partial charge is 0.0291 e. The molecule has 1 atom stereocenters. The van der Waals surface area contributed by atoms with Crippen molar-refractivity contribution in [2.24, 2.45) is 0 Å². The Morgan fingerprint density at radius 3 is 2.38 bits per heavy atom. The number of aryl methyl sites for hydroxylation is 2. The molecule has 0 amide bonds. The molecule has 1 nitrogen and oxygen atoms in total. The Morgan fingerprint density at radius 1 is 1.19 bits per heavy atom. The van der Waals surface area contributed by atoms with Crippen molar-refractivity contribution in [1.29, 1.82) is 0 Å². The summed E-state index contributed by atoms with van der Waals surface area (Å²) in [6.07, 6.45) is 3.41. The van der Waals surface area contributed by atoms with Gasteiger partial charge in [0.25, 0.3) is 0 Å². The van der Waals surface area contributed by atoms with E-state index in [9.17, 15) is 0 Å². The first kappa shape index (κ1) is 13.6. The summed E-state index contributed by atoms with van der Waals surface area (Å²) in [4.78, 5) is 0. The molecular formula is C14H23NS. The quantitative estimate of drug-likeness (QED) is 0.757. The Kier molecular flexibility index (Phi) is 5.93. The molecule has 0 saturated carbocycles. The molecule has 0 aromatic heterocycles. The molecule has 0 aliphatic heterocycles. The molecular weight excluding hydrogens is 214 g/mol. The van der Waals surface area contributed by atoms with Crippen molar-refractivity contribution in [3.05, 3.63) is 34.9 Å². The minimum Gasteiger partial charge on any atom is -0.310 e. The third kappa shape index (κ3) is 4.58. The zero-order valence-corrected chi connectivity index (χ0v) is 11.7. The van der Waals surface area contributed by atoms with Gasteiger partial charge in [0.05, 0.1) is 0 Å². The molecule has 0 saturated heterocycles. The van der Waals surface area contributed by atoms with Crippen molar-refractivity contribution in [3.63, 3.8) is 0 Å². The van der Waals surface area contributed by atoms with Gasteiger partial charge >= 0.3 is 0 Å². The van der Waals surface area contributed by atoms with E-state index < -0.39 is 0 Å². The first-order valence-corrected chi connectivity index (χ1v) is 7.33. The molecule has 0 aliphatic carbocycles. The molecule has 16 heavy (non-hydrogen) atoms. The van der Waals surface area contributed by atoms with E-state index in [1.807, 2.05) is 11.8 Å². The van der Waals surface area contributed by atoms with Gasteiger partial charge in [-0.15, -0.1) is 0 Å². The number of hydrogen-bond acceptors (Lipinski definition) is 2. The predicted molar refractivity (Wildman–Crippen MR) is 75.3 cm³/mol. The fourth-order valence-electron chi connectivity index (χ4n) is 1.91. The fourth-order valence-corrected chi connectivity index (χ4v) is 2.35. The van der Waals surface area contributed by atoms with Gasteiger partial charge in [0.2, 0.25) is 0 Å². The minimum atomic E-state index is 0.459. The summed E-state index contributed by atoms with van der Waals surface area (Å²) < 4.78 is 0. The van der Waals surface area contributed by atoms with Crippen molar-refractivity contribution in [1.82, 2.24) is 5.32 Å². The third-order valence-electron chi connectivity index (χ3n) is 2.72. The van der Waals surface area contributed by atoms with Crippen molar-refractivity contribution < 1.29 is 0 Å². The first-order chi connectivity index (χ1) is 7.63. The lowest BCUT2D eigenvalue weighted by atomic mass is 10.0. The second-order valence-electron chi connectivity index (χ2n) is 4.44. The average Bonchev–Trinajstić information content (AvgIpc) is 2.22. The molecule has 0 bridgehead atoms.